The quantitative estimate of drug-likeness (QED) is 0.733. The normalized spacial score (nSPS) is 15.8. The molecule has 1 aliphatic carbocycles. The summed E-state index contributed by atoms with van der Waals surface area (Å²) in [6.07, 6.45) is 5.11. The zero-order valence-electron chi connectivity index (χ0n) is 9.72. The van der Waals surface area contributed by atoms with Crippen LogP contribution in [0.25, 0.3) is 0 Å². The fourth-order valence-corrected chi connectivity index (χ4v) is 2.16. The van der Waals surface area contributed by atoms with E-state index in [1.165, 1.54) is 0 Å². The highest BCUT2D eigenvalue weighted by Crippen LogP contribution is 2.25. The minimum Gasteiger partial charge on any atom is -0.486 e. The van der Waals surface area contributed by atoms with Gasteiger partial charge < -0.3 is 4.74 Å². The molecule has 0 atom stereocenters. The van der Waals surface area contributed by atoms with Crippen LogP contribution in [0.1, 0.15) is 36.0 Å². The lowest BCUT2D eigenvalue weighted by Gasteiger charge is -2.09. The molecule has 1 saturated carbocycles. The fourth-order valence-electron chi connectivity index (χ4n) is 2.16. The first-order valence-electron chi connectivity index (χ1n) is 6.00. The minimum absolute atomic E-state index is 0.144. The Morgan fingerprint density at radius 1 is 1.24 bits per heavy atom. The first-order chi connectivity index (χ1) is 8.29. The van der Waals surface area contributed by atoms with Crippen LogP contribution < -0.4 is 4.74 Å². The van der Waals surface area contributed by atoms with Crippen LogP contribution in [0, 0.1) is 5.92 Å². The van der Waals surface area contributed by atoms with E-state index >= 15 is 0 Å². The number of rotatable bonds is 5. The summed E-state index contributed by atoms with van der Waals surface area (Å²) in [5.41, 5.74) is 0.611. The summed E-state index contributed by atoms with van der Waals surface area (Å²) in [7, 11) is 0. The highest BCUT2D eigenvalue weighted by Gasteiger charge is 2.22. The molecule has 0 saturated heterocycles. The number of benzene rings is 1. The van der Waals surface area contributed by atoms with Crippen LogP contribution >= 0.6 is 0 Å². The summed E-state index contributed by atoms with van der Waals surface area (Å²) < 4.78 is 5.41. The van der Waals surface area contributed by atoms with Crippen LogP contribution in [-0.4, -0.2) is 18.7 Å². The molecular formula is C14H16O3. The molecule has 0 aliphatic heterocycles. The molecule has 0 spiro atoms. The summed E-state index contributed by atoms with van der Waals surface area (Å²) in [6.45, 7) is 0.144. The highest BCUT2D eigenvalue weighted by molar-refractivity contribution is 5.82. The summed E-state index contributed by atoms with van der Waals surface area (Å²) in [5, 5.41) is 0. The Bertz CT molecular complexity index is 388. The third-order valence-electron chi connectivity index (χ3n) is 3.21. The molecule has 0 aromatic heterocycles. The van der Waals surface area contributed by atoms with Crippen LogP contribution in [-0.2, 0) is 4.79 Å². The molecule has 0 radical (unpaired) electrons. The number of hydrogen-bond acceptors (Lipinski definition) is 3. The van der Waals surface area contributed by atoms with Gasteiger partial charge in [-0.1, -0.05) is 12.8 Å². The number of ether oxygens (including phenoxy) is 1. The van der Waals surface area contributed by atoms with Gasteiger partial charge >= 0.3 is 0 Å². The number of aldehydes is 1. The summed E-state index contributed by atoms with van der Waals surface area (Å²) in [5.74, 6) is 1.04. The van der Waals surface area contributed by atoms with Crippen molar-refractivity contribution in [2.24, 2.45) is 5.92 Å². The Balaban J connectivity index is 1.84. The predicted octanol–water partition coefficient (Wildman–Crippen LogP) is 2.64. The van der Waals surface area contributed by atoms with Gasteiger partial charge in [0.25, 0.3) is 0 Å². The van der Waals surface area contributed by atoms with E-state index in [1.54, 1.807) is 24.3 Å². The van der Waals surface area contributed by atoms with Crippen LogP contribution in [0.15, 0.2) is 24.3 Å². The van der Waals surface area contributed by atoms with Gasteiger partial charge in [0.15, 0.2) is 5.78 Å². The molecule has 0 bridgehead atoms. The van der Waals surface area contributed by atoms with Crippen molar-refractivity contribution in [1.82, 2.24) is 0 Å². The Hall–Kier alpha value is -1.64. The van der Waals surface area contributed by atoms with Crippen molar-refractivity contribution in [3.05, 3.63) is 29.8 Å². The molecule has 0 unspecified atom stereocenters. The van der Waals surface area contributed by atoms with Crippen molar-refractivity contribution in [2.45, 2.75) is 25.7 Å². The summed E-state index contributed by atoms with van der Waals surface area (Å²) in [6, 6.07) is 6.79. The predicted molar refractivity (Wildman–Crippen MR) is 64.3 cm³/mol. The molecule has 1 aromatic rings. The smallest absolute Gasteiger partial charge is 0.173 e. The third-order valence-corrected chi connectivity index (χ3v) is 3.21. The topological polar surface area (TPSA) is 43.4 Å². The van der Waals surface area contributed by atoms with E-state index < -0.39 is 0 Å². The standard InChI is InChI=1S/C14H16O3/c15-9-11-5-7-13(8-6-11)17-10-14(16)12-3-1-2-4-12/h5-9,12H,1-4,10H2. The molecule has 3 heteroatoms. The molecule has 90 valence electrons. The SMILES string of the molecule is O=Cc1ccc(OCC(=O)C2CCCC2)cc1. The van der Waals surface area contributed by atoms with E-state index in [-0.39, 0.29) is 18.3 Å². The van der Waals surface area contributed by atoms with Gasteiger partial charge in [-0.2, -0.15) is 0 Å². The Kier molecular flexibility index (Phi) is 3.91. The van der Waals surface area contributed by atoms with Crippen molar-refractivity contribution < 1.29 is 14.3 Å². The van der Waals surface area contributed by atoms with Crippen molar-refractivity contribution >= 4 is 12.1 Å². The van der Waals surface area contributed by atoms with Gasteiger partial charge in [-0.05, 0) is 37.1 Å². The zero-order valence-corrected chi connectivity index (χ0v) is 9.72. The van der Waals surface area contributed by atoms with Crippen molar-refractivity contribution in [3.8, 4) is 5.75 Å². The van der Waals surface area contributed by atoms with E-state index in [0.29, 0.717) is 11.3 Å². The van der Waals surface area contributed by atoms with Crippen molar-refractivity contribution in [1.29, 1.82) is 0 Å². The number of hydrogen-bond donors (Lipinski definition) is 0. The number of carbonyl (C=O) groups is 2. The molecular weight excluding hydrogens is 216 g/mol. The number of ketones is 1. The van der Waals surface area contributed by atoms with Crippen molar-refractivity contribution in [2.75, 3.05) is 6.61 Å². The van der Waals surface area contributed by atoms with Gasteiger partial charge in [0, 0.05) is 11.5 Å². The number of carbonyl (C=O) groups excluding carboxylic acids is 2. The van der Waals surface area contributed by atoms with E-state index in [2.05, 4.69) is 0 Å². The molecule has 0 amide bonds. The van der Waals surface area contributed by atoms with E-state index in [4.69, 9.17) is 4.74 Å². The second-order valence-electron chi connectivity index (χ2n) is 4.42. The monoisotopic (exact) mass is 232 g/mol. The Morgan fingerprint density at radius 3 is 2.47 bits per heavy atom. The Labute approximate surface area is 101 Å². The number of Topliss-reactive ketones (excluding diaryl/α,β-unsaturated/α-hetero) is 1. The van der Waals surface area contributed by atoms with E-state index in [9.17, 15) is 9.59 Å². The molecule has 17 heavy (non-hydrogen) atoms. The maximum Gasteiger partial charge on any atom is 0.173 e. The maximum absolute atomic E-state index is 11.8. The first-order valence-corrected chi connectivity index (χ1v) is 6.00. The van der Waals surface area contributed by atoms with Crippen LogP contribution in [0.2, 0.25) is 0 Å². The van der Waals surface area contributed by atoms with Crippen LogP contribution in [0.3, 0.4) is 0 Å². The molecule has 1 aliphatic rings. The lowest BCUT2D eigenvalue weighted by molar-refractivity contribution is -0.124. The average Bonchev–Trinajstić information content (AvgIpc) is 2.90. The van der Waals surface area contributed by atoms with E-state index in [1.807, 2.05) is 0 Å². The van der Waals surface area contributed by atoms with Gasteiger partial charge in [-0.25, -0.2) is 0 Å². The van der Waals surface area contributed by atoms with Gasteiger partial charge in [0.1, 0.15) is 18.6 Å². The molecule has 0 N–H and O–H groups in total. The molecule has 1 aromatic carbocycles. The molecule has 0 heterocycles. The van der Waals surface area contributed by atoms with Gasteiger partial charge in [0.2, 0.25) is 0 Å². The largest absolute Gasteiger partial charge is 0.486 e. The summed E-state index contributed by atoms with van der Waals surface area (Å²) in [4.78, 5) is 22.2. The lowest BCUT2D eigenvalue weighted by atomic mass is 10.0. The van der Waals surface area contributed by atoms with Gasteiger partial charge in [-0.15, -0.1) is 0 Å². The van der Waals surface area contributed by atoms with Crippen molar-refractivity contribution in [3.63, 3.8) is 0 Å². The second kappa shape index (κ2) is 5.62. The van der Waals surface area contributed by atoms with Crippen LogP contribution in [0.5, 0.6) is 5.75 Å². The fraction of sp³-hybridized carbons (Fsp3) is 0.429. The molecule has 3 nitrogen and oxygen atoms in total. The third kappa shape index (κ3) is 3.16. The average molecular weight is 232 g/mol. The van der Waals surface area contributed by atoms with Gasteiger partial charge in [0.05, 0.1) is 0 Å². The molecule has 2 rings (SSSR count). The minimum atomic E-state index is 0.144. The van der Waals surface area contributed by atoms with Gasteiger partial charge in [-0.3, -0.25) is 9.59 Å². The molecule has 1 fully saturated rings. The van der Waals surface area contributed by atoms with Crippen LogP contribution in [0.4, 0.5) is 0 Å². The second-order valence-corrected chi connectivity index (χ2v) is 4.42. The Morgan fingerprint density at radius 2 is 1.88 bits per heavy atom. The van der Waals surface area contributed by atoms with E-state index in [0.717, 1.165) is 32.0 Å². The summed E-state index contributed by atoms with van der Waals surface area (Å²) >= 11 is 0. The lowest BCUT2D eigenvalue weighted by Crippen LogP contribution is -2.19. The highest BCUT2D eigenvalue weighted by atomic mass is 16.5. The zero-order chi connectivity index (χ0) is 12.1. The first kappa shape index (κ1) is 11.8. The maximum atomic E-state index is 11.8.